The number of sulfonamides is 1. The average Bonchev–Trinajstić information content (AvgIpc) is 2.49. The number of anilines is 1. The van der Waals surface area contributed by atoms with E-state index in [9.17, 15) is 13.5 Å². The zero-order valence-electron chi connectivity index (χ0n) is 10.7. The molecule has 1 aromatic carbocycles. The Labute approximate surface area is 108 Å². The molecular formula is C13H19NO3S. The highest BCUT2D eigenvalue weighted by molar-refractivity contribution is 7.93. The quantitative estimate of drug-likeness (QED) is 0.894. The summed E-state index contributed by atoms with van der Waals surface area (Å²) in [7, 11) is -3.34. The Hall–Kier alpha value is -1.07. The van der Waals surface area contributed by atoms with E-state index in [1.165, 1.54) is 4.31 Å². The van der Waals surface area contributed by atoms with E-state index in [4.69, 9.17) is 0 Å². The molecule has 2 rings (SSSR count). The van der Waals surface area contributed by atoms with E-state index in [0.29, 0.717) is 30.6 Å². The highest BCUT2D eigenvalue weighted by atomic mass is 32.2. The van der Waals surface area contributed by atoms with Crippen molar-refractivity contribution in [2.45, 2.75) is 38.0 Å². The van der Waals surface area contributed by atoms with Gasteiger partial charge in [-0.3, -0.25) is 4.31 Å². The summed E-state index contributed by atoms with van der Waals surface area (Å²) in [5.41, 5.74) is 1.33. The van der Waals surface area contributed by atoms with Gasteiger partial charge >= 0.3 is 0 Å². The van der Waals surface area contributed by atoms with Crippen LogP contribution in [0.15, 0.2) is 24.3 Å². The number of fused-ring (bicyclic) bond motifs is 1. The second kappa shape index (κ2) is 4.90. The molecule has 5 heteroatoms. The minimum Gasteiger partial charge on any atom is -0.388 e. The molecule has 0 spiro atoms. The molecule has 1 unspecified atom stereocenters. The molecule has 0 saturated heterocycles. The molecule has 0 aromatic heterocycles. The van der Waals surface area contributed by atoms with E-state index in [1.54, 1.807) is 32.0 Å². The molecule has 0 aliphatic carbocycles. The van der Waals surface area contributed by atoms with Gasteiger partial charge in [-0.05, 0) is 32.8 Å². The van der Waals surface area contributed by atoms with E-state index in [2.05, 4.69) is 0 Å². The lowest BCUT2D eigenvalue weighted by Gasteiger charge is -2.26. The van der Waals surface area contributed by atoms with Crippen LogP contribution in [-0.4, -0.2) is 25.3 Å². The van der Waals surface area contributed by atoms with Gasteiger partial charge in [0.15, 0.2) is 0 Å². The van der Waals surface area contributed by atoms with Crippen LogP contribution in [0.3, 0.4) is 0 Å². The number of para-hydroxylation sites is 1. The fourth-order valence-corrected chi connectivity index (χ4v) is 3.55. The zero-order chi connectivity index (χ0) is 13.3. The molecule has 4 nitrogen and oxygen atoms in total. The van der Waals surface area contributed by atoms with Gasteiger partial charge in [0.2, 0.25) is 10.0 Å². The van der Waals surface area contributed by atoms with Crippen LogP contribution in [0, 0.1) is 0 Å². The summed E-state index contributed by atoms with van der Waals surface area (Å²) in [5.74, 6) is 0. The molecule has 0 saturated carbocycles. The van der Waals surface area contributed by atoms with Crippen molar-refractivity contribution in [2.24, 2.45) is 0 Å². The third-order valence-electron chi connectivity index (χ3n) is 3.31. The highest BCUT2D eigenvalue weighted by Crippen LogP contribution is 2.34. The van der Waals surface area contributed by atoms with Gasteiger partial charge in [-0.2, -0.15) is 0 Å². The lowest BCUT2D eigenvalue weighted by molar-refractivity contribution is 0.168. The average molecular weight is 269 g/mol. The van der Waals surface area contributed by atoms with E-state index in [0.717, 1.165) is 0 Å². The van der Waals surface area contributed by atoms with E-state index < -0.39 is 21.4 Å². The summed E-state index contributed by atoms with van der Waals surface area (Å²) in [6, 6.07) is 7.20. The Morgan fingerprint density at radius 1 is 1.33 bits per heavy atom. The Balaban J connectivity index is 2.54. The van der Waals surface area contributed by atoms with Crippen molar-refractivity contribution < 1.29 is 13.5 Å². The molecule has 1 N–H and O–H groups in total. The van der Waals surface area contributed by atoms with Gasteiger partial charge in [-0.25, -0.2) is 8.42 Å². The molecule has 0 fully saturated rings. The number of hydrogen-bond donors (Lipinski definition) is 1. The maximum absolute atomic E-state index is 12.4. The van der Waals surface area contributed by atoms with Crippen LogP contribution in [-0.2, 0) is 10.0 Å². The molecule has 100 valence electrons. The molecule has 18 heavy (non-hydrogen) atoms. The van der Waals surface area contributed by atoms with Crippen molar-refractivity contribution in [2.75, 3.05) is 10.8 Å². The minimum atomic E-state index is -3.34. The Kier molecular flexibility index (Phi) is 3.64. The standard InChI is InChI=1S/C13H19NO3S/c1-10(2)18(16,17)14-9-5-8-13(15)11-6-3-4-7-12(11)14/h3-4,6-7,10,13,15H,5,8-9H2,1-2H3. The first-order valence-electron chi connectivity index (χ1n) is 6.23. The number of aliphatic hydroxyl groups is 1. The number of benzene rings is 1. The lowest BCUT2D eigenvalue weighted by Crippen LogP contribution is -2.37. The minimum absolute atomic E-state index is 0.439. The molecule has 1 aliphatic heterocycles. The van der Waals surface area contributed by atoms with Gasteiger partial charge in [0.1, 0.15) is 0 Å². The summed E-state index contributed by atoms with van der Waals surface area (Å²) < 4.78 is 26.2. The van der Waals surface area contributed by atoms with Crippen LogP contribution < -0.4 is 4.31 Å². The SMILES string of the molecule is CC(C)S(=O)(=O)N1CCCC(O)c2ccccc21. The maximum Gasteiger partial charge on any atom is 0.237 e. The van der Waals surface area contributed by atoms with Gasteiger partial charge in [0, 0.05) is 12.1 Å². The molecule has 0 bridgehead atoms. The van der Waals surface area contributed by atoms with Gasteiger partial charge in [0.05, 0.1) is 17.0 Å². The van der Waals surface area contributed by atoms with E-state index >= 15 is 0 Å². The number of aliphatic hydroxyl groups excluding tert-OH is 1. The van der Waals surface area contributed by atoms with E-state index in [-0.39, 0.29) is 0 Å². The first-order valence-corrected chi connectivity index (χ1v) is 7.73. The summed E-state index contributed by atoms with van der Waals surface area (Å²) in [4.78, 5) is 0. The smallest absolute Gasteiger partial charge is 0.237 e. The largest absolute Gasteiger partial charge is 0.388 e. The van der Waals surface area contributed by atoms with Crippen molar-refractivity contribution in [1.29, 1.82) is 0 Å². The number of rotatable bonds is 2. The van der Waals surface area contributed by atoms with Crippen molar-refractivity contribution in [3.05, 3.63) is 29.8 Å². The van der Waals surface area contributed by atoms with Crippen LogP contribution in [0.2, 0.25) is 0 Å². The Morgan fingerprint density at radius 2 is 2.00 bits per heavy atom. The van der Waals surface area contributed by atoms with Crippen molar-refractivity contribution in [3.63, 3.8) is 0 Å². The van der Waals surface area contributed by atoms with Crippen LogP contribution in [0.4, 0.5) is 5.69 Å². The number of nitrogens with zero attached hydrogens (tertiary/aromatic N) is 1. The molecule has 1 aromatic rings. The zero-order valence-corrected chi connectivity index (χ0v) is 11.5. The molecule has 1 atom stereocenters. The molecule has 0 radical (unpaired) electrons. The predicted molar refractivity (Wildman–Crippen MR) is 72.0 cm³/mol. The van der Waals surface area contributed by atoms with Gasteiger partial charge in [0.25, 0.3) is 0 Å². The summed E-state index contributed by atoms with van der Waals surface area (Å²) in [6.07, 6.45) is 0.691. The van der Waals surface area contributed by atoms with Crippen LogP contribution in [0.25, 0.3) is 0 Å². The van der Waals surface area contributed by atoms with Crippen molar-refractivity contribution in [1.82, 2.24) is 0 Å². The van der Waals surface area contributed by atoms with Gasteiger partial charge in [-0.15, -0.1) is 0 Å². The molecule has 0 amide bonds. The number of hydrogen-bond acceptors (Lipinski definition) is 3. The van der Waals surface area contributed by atoms with E-state index in [1.807, 2.05) is 6.07 Å². The first-order chi connectivity index (χ1) is 8.44. The monoisotopic (exact) mass is 269 g/mol. The summed E-state index contributed by atoms with van der Waals surface area (Å²) in [6.45, 7) is 3.80. The van der Waals surface area contributed by atoms with Gasteiger partial charge in [-0.1, -0.05) is 18.2 Å². The maximum atomic E-state index is 12.4. The fraction of sp³-hybridized carbons (Fsp3) is 0.538. The normalized spacial score (nSPS) is 20.7. The third kappa shape index (κ3) is 2.24. The Bertz CT molecular complexity index is 525. The fourth-order valence-electron chi connectivity index (χ4n) is 2.22. The van der Waals surface area contributed by atoms with Crippen LogP contribution in [0.5, 0.6) is 0 Å². The summed E-state index contributed by atoms with van der Waals surface area (Å²) in [5, 5.41) is 9.58. The second-order valence-corrected chi connectivity index (χ2v) is 7.30. The van der Waals surface area contributed by atoms with Gasteiger partial charge < -0.3 is 5.11 Å². The molecule has 1 heterocycles. The first kappa shape index (κ1) is 13.4. The van der Waals surface area contributed by atoms with Crippen LogP contribution in [0.1, 0.15) is 38.4 Å². The molecule has 1 aliphatic rings. The van der Waals surface area contributed by atoms with Crippen LogP contribution >= 0.6 is 0 Å². The third-order valence-corrected chi connectivity index (χ3v) is 5.49. The topological polar surface area (TPSA) is 57.6 Å². The summed E-state index contributed by atoms with van der Waals surface area (Å²) >= 11 is 0. The Morgan fingerprint density at radius 3 is 2.67 bits per heavy atom. The van der Waals surface area contributed by atoms with Crippen molar-refractivity contribution in [3.8, 4) is 0 Å². The predicted octanol–water partition coefficient (Wildman–Crippen LogP) is 2.06. The highest BCUT2D eigenvalue weighted by Gasteiger charge is 2.30. The lowest BCUT2D eigenvalue weighted by atomic mass is 10.1. The second-order valence-electron chi connectivity index (χ2n) is 4.88. The van der Waals surface area contributed by atoms with Crippen molar-refractivity contribution >= 4 is 15.7 Å². The molecular weight excluding hydrogens is 250 g/mol.